The first-order valence-corrected chi connectivity index (χ1v) is 5.88. The zero-order valence-electron chi connectivity index (χ0n) is 10.8. The summed E-state index contributed by atoms with van der Waals surface area (Å²) < 4.78 is 6.63. The molecule has 0 aliphatic heterocycles. The molecule has 1 aromatic carbocycles. The normalized spacial score (nSPS) is 9.45. The monoisotopic (exact) mass is 362 g/mol. The third-order valence-electron chi connectivity index (χ3n) is 2.61. The predicted molar refractivity (Wildman–Crippen MR) is 72.1 cm³/mol. The van der Waals surface area contributed by atoms with Crippen molar-refractivity contribution in [3.63, 3.8) is 0 Å². The Morgan fingerprint density at radius 2 is 2.20 bits per heavy atom. The van der Waals surface area contributed by atoms with E-state index in [2.05, 4.69) is 6.07 Å². The van der Waals surface area contributed by atoms with Crippen LogP contribution in [-0.4, -0.2) is 11.2 Å². The van der Waals surface area contributed by atoms with E-state index < -0.39 is 0 Å². The first-order valence-electron chi connectivity index (χ1n) is 5.51. The van der Waals surface area contributed by atoms with Gasteiger partial charge >= 0.3 is 0 Å². The van der Waals surface area contributed by atoms with Gasteiger partial charge in [0.2, 0.25) is 0 Å². The summed E-state index contributed by atoms with van der Waals surface area (Å²) in [5.41, 5.74) is 1.16. The van der Waals surface area contributed by atoms with Crippen molar-refractivity contribution >= 4 is 11.6 Å². The molecule has 2 aromatic rings. The Morgan fingerprint density at radius 3 is 2.85 bits per heavy atom. The van der Waals surface area contributed by atoms with Crippen LogP contribution in [0.2, 0.25) is 5.02 Å². The van der Waals surface area contributed by atoms with Gasteiger partial charge in [-0.1, -0.05) is 28.9 Å². The largest absolute Gasteiger partial charge is 0.479 e. The van der Waals surface area contributed by atoms with Crippen LogP contribution in [0.1, 0.15) is 0 Å². The van der Waals surface area contributed by atoms with Gasteiger partial charge in [0.25, 0.3) is 0 Å². The van der Waals surface area contributed by atoms with E-state index in [4.69, 9.17) is 21.6 Å². The molecule has 0 unspecified atom stereocenters. The summed E-state index contributed by atoms with van der Waals surface area (Å²) in [6.45, 7) is -0.0361. The number of hydrogen-bond donors (Lipinski definition) is 0. The first kappa shape index (κ1) is 16.9. The molecular formula is C14H10ClN2O2Y-. The smallest absolute Gasteiger partial charge is 0.194 e. The molecule has 0 amide bonds. The maximum atomic E-state index is 11.6. The molecule has 0 aliphatic rings. The fourth-order valence-corrected chi connectivity index (χ4v) is 1.92. The molecular weight excluding hydrogens is 353 g/mol. The van der Waals surface area contributed by atoms with Crippen LogP contribution in [0.3, 0.4) is 0 Å². The summed E-state index contributed by atoms with van der Waals surface area (Å²) in [6, 6.07) is 12.9. The van der Waals surface area contributed by atoms with E-state index in [1.807, 2.05) is 6.07 Å². The van der Waals surface area contributed by atoms with Crippen molar-refractivity contribution in [3.05, 3.63) is 51.8 Å². The topological polar surface area (TPSA) is 55.0 Å². The molecule has 1 radical (unpaired) electrons. The molecule has 0 N–H and O–H groups in total. The van der Waals surface area contributed by atoms with Gasteiger partial charge in [-0.2, -0.15) is 17.4 Å². The number of hydrogen-bond acceptors (Lipinski definition) is 3. The van der Waals surface area contributed by atoms with Gasteiger partial charge in [0.1, 0.15) is 11.8 Å². The van der Waals surface area contributed by atoms with Crippen LogP contribution in [0, 0.1) is 17.4 Å². The molecule has 0 bridgehead atoms. The summed E-state index contributed by atoms with van der Waals surface area (Å²) in [7, 11) is 1.66. The van der Waals surface area contributed by atoms with E-state index in [-0.39, 0.29) is 44.9 Å². The molecule has 20 heavy (non-hydrogen) atoms. The number of aromatic nitrogens is 1. The van der Waals surface area contributed by atoms with Gasteiger partial charge in [-0.15, -0.1) is 6.07 Å². The van der Waals surface area contributed by atoms with E-state index in [0.29, 0.717) is 22.0 Å². The van der Waals surface area contributed by atoms with Crippen molar-refractivity contribution in [2.75, 3.05) is 6.61 Å². The van der Waals surface area contributed by atoms with Crippen LogP contribution in [0.25, 0.3) is 11.3 Å². The minimum Gasteiger partial charge on any atom is -0.479 e. The van der Waals surface area contributed by atoms with Crippen LogP contribution in [0.5, 0.6) is 5.75 Å². The standard InChI is InChI=1S/C14H10ClN2O2.Y/c1-17-13(3-2-4-14(17)18)11-6-5-10(9-12(11)15)19-8-7-16;/h2,4-6,9H,8H2,1H3;/q-1;. The van der Waals surface area contributed by atoms with Crippen molar-refractivity contribution in [1.82, 2.24) is 4.57 Å². The SMILES string of the molecule is Cn1c(-c2ccc(OCC#N)cc2Cl)[c-]ccc1=O.[Y]. The van der Waals surface area contributed by atoms with E-state index in [1.54, 1.807) is 31.3 Å². The number of halogens is 1. The van der Waals surface area contributed by atoms with Crippen molar-refractivity contribution in [1.29, 1.82) is 5.26 Å². The minimum atomic E-state index is -0.130. The molecule has 0 atom stereocenters. The van der Waals surface area contributed by atoms with Gasteiger partial charge in [0.15, 0.2) is 12.2 Å². The average Bonchev–Trinajstić information content (AvgIpc) is 2.40. The molecule has 6 heteroatoms. The van der Waals surface area contributed by atoms with Crippen molar-refractivity contribution in [3.8, 4) is 23.1 Å². The Labute approximate surface area is 146 Å². The number of pyridine rings is 1. The van der Waals surface area contributed by atoms with Gasteiger partial charge in [0, 0.05) is 39.8 Å². The summed E-state index contributed by atoms with van der Waals surface area (Å²) in [6.07, 6.45) is 0. The molecule has 4 nitrogen and oxygen atoms in total. The van der Waals surface area contributed by atoms with Crippen molar-refractivity contribution in [2.45, 2.75) is 0 Å². The van der Waals surface area contributed by atoms with E-state index in [1.165, 1.54) is 10.6 Å². The summed E-state index contributed by atoms with van der Waals surface area (Å²) in [5, 5.41) is 8.88. The third kappa shape index (κ3) is 3.70. The molecule has 2 rings (SSSR count). The Balaban J connectivity index is 0.00000200. The molecule has 0 aliphatic carbocycles. The Kier molecular flexibility index (Phi) is 6.41. The molecule has 1 aromatic heterocycles. The third-order valence-corrected chi connectivity index (χ3v) is 2.92. The summed E-state index contributed by atoms with van der Waals surface area (Å²) in [4.78, 5) is 11.6. The number of rotatable bonds is 3. The van der Waals surface area contributed by atoms with Crippen LogP contribution >= 0.6 is 11.6 Å². The molecule has 0 saturated carbocycles. The van der Waals surface area contributed by atoms with E-state index in [9.17, 15) is 4.79 Å². The predicted octanol–water partition coefficient (Wildman–Crippen LogP) is 2.41. The summed E-state index contributed by atoms with van der Waals surface area (Å²) in [5.74, 6) is 0.510. The average molecular weight is 363 g/mol. The summed E-state index contributed by atoms with van der Waals surface area (Å²) >= 11 is 6.17. The Morgan fingerprint density at radius 1 is 1.45 bits per heavy atom. The molecule has 1 heterocycles. The number of nitrogens with zero attached hydrogens (tertiary/aromatic N) is 2. The second kappa shape index (κ2) is 7.59. The fraction of sp³-hybridized carbons (Fsp3) is 0.143. The van der Waals surface area contributed by atoms with Crippen LogP contribution in [0.4, 0.5) is 0 Å². The van der Waals surface area contributed by atoms with Gasteiger partial charge in [0.05, 0.1) is 0 Å². The van der Waals surface area contributed by atoms with Crippen LogP contribution < -0.4 is 10.3 Å². The van der Waals surface area contributed by atoms with Crippen molar-refractivity contribution < 1.29 is 37.4 Å². The molecule has 0 fully saturated rings. The zero-order valence-corrected chi connectivity index (χ0v) is 14.4. The number of ether oxygens (including phenoxy) is 1. The molecule has 0 spiro atoms. The molecule has 99 valence electrons. The quantitative estimate of drug-likeness (QED) is 0.788. The molecule has 0 saturated heterocycles. The number of nitriles is 1. The van der Waals surface area contributed by atoms with E-state index in [0.717, 1.165) is 0 Å². The van der Waals surface area contributed by atoms with Crippen molar-refractivity contribution in [2.24, 2.45) is 7.05 Å². The van der Waals surface area contributed by atoms with E-state index >= 15 is 0 Å². The van der Waals surface area contributed by atoms with Crippen LogP contribution in [0.15, 0.2) is 35.1 Å². The van der Waals surface area contributed by atoms with Gasteiger partial charge < -0.3 is 9.30 Å². The van der Waals surface area contributed by atoms with Gasteiger partial charge in [-0.3, -0.25) is 4.79 Å². The maximum absolute atomic E-state index is 11.6. The van der Waals surface area contributed by atoms with Gasteiger partial charge in [-0.25, -0.2) is 0 Å². The second-order valence-corrected chi connectivity index (χ2v) is 4.22. The first-order chi connectivity index (χ1) is 9.13. The zero-order chi connectivity index (χ0) is 13.8. The fourth-order valence-electron chi connectivity index (χ4n) is 1.66. The van der Waals surface area contributed by atoms with Crippen LogP contribution in [-0.2, 0) is 39.8 Å². The second-order valence-electron chi connectivity index (χ2n) is 3.81. The minimum absolute atomic E-state index is 0. The Bertz CT molecular complexity index is 707. The Hall–Kier alpha value is -1.15. The number of benzene rings is 1. The maximum Gasteiger partial charge on any atom is 0.194 e. The van der Waals surface area contributed by atoms with Gasteiger partial charge in [-0.05, 0) is 17.2 Å².